The van der Waals surface area contributed by atoms with Crippen molar-refractivity contribution in [1.82, 2.24) is 24.6 Å². The number of alkyl halides is 3. The Morgan fingerprint density at radius 1 is 1.20 bits per heavy atom. The predicted molar refractivity (Wildman–Crippen MR) is 142 cm³/mol. The van der Waals surface area contributed by atoms with E-state index < -0.39 is 18.1 Å². The number of carbonyl (C=O) groups is 2. The molecule has 6 heterocycles. The number of halogens is 4. The topological polar surface area (TPSA) is 140 Å². The zero-order chi connectivity index (χ0) is 29.5. The summed E-state index contributed by atoms with van der Waals surface area (Å²) in [6.45, 7) is 3.06. The average Bonchev–Trinajstić information content (AvgIpc) is 3.68. The minimum Gasteiger partial charge on any atom is -0.475 e. The monoisotopic (exact) mass is 590 g/mol. The number of furan rings is 1. The number of aromatic nitrogens is 4. The Labute approximate surface area is 233 Å². The summed E-state index contributed by atoms with van der Waals surface area (Å²) in [7, 11) is 0. The first-order chi connectivity index (χ1) is 19.4. The molecule has 0 unspecified atom stereocenters. The first-order valence-electron chi connectivity index (χ1n) is 12.2. The molecule has 0 radical (unpaired) electrons. The summed E-state index contributed by atoms with van der Waals surface area (Å²) in [4.78, 5) is 30.7. The lowest BCUT2D eigenvalue weighted by Crippen LogP contribution is -2.37. The van der Waals surface area contributed by atoms with E-state index in [1.165, 1.54) is 17.5 Å². The van der Waals surface area contributed by atoms with Gasteiger partial charge in [0.25, 0.3) is 0 Å². The Hall–Kier alpha value is -4.53. The smallest absolute Gasteiger partial charge is 0.475 e. The van der Waals surface area contributed by atoms with Gasteiger partial charge in [-0.25, -0.2) is 9.78 Å². The van der Waals surface area contributed by atoms with Crippen LogP contribution < -0.4 is 5.73 Å². The number of thiophene rings is 1. The number of nitrogens with zero attached hydrogens (tertiary/aromatic N) is 5. The van der Waals surface area contributed by atoms with Crippen molar-refractivity contribution >= 4 is 50.0 Å². The summed E-state index contributed by atoms with van der Waals surface area (Å²) in [5.74, 6) is -2.67. The minimum atomic E-state index is -5.08. The number of anilines is 1. The molecular weight excluding hydrogens is 568 g/mol. The van der Waals surface area contributed by atoms with Gasteiger partial charge in [0.1, 0.15) is 5.76 Å². The van der Waals surface area contributed by atoms with Gasteiger partial charge in [-0.15, -0.1) is 11.3 Å². The number of aliphatic carboxylic acids is 1. The molecule has 0 spiro atoms. The highest BCUT2D eigenvalue weighted by atomic mass is 32.1. The Bertz CT molecular complexity index is 1750. The van der Waals surface area contributed by atoms with E-state index in [1.54, 1.807) is 25.4 Å². The summed E-state index contributed by atoms with van der Waals surface area (Å²) in [5, 5.41) is 14.7. The fraction of sp³-hybridized carbons (Fsp3) is 0.269. The van der Waals surface area contributed by atoms with Gasteiger partial charge in [0.2, 0.25) is 11.9 Å². The van der Waals surface area contributed by atoms with Crippen LogP contribution in [0.2, 0.25) is 0 Å². The zero-order valence-electron chi connectivity index (χ0n) is 21.4. The Morgan fingerprint density at radius 3 is 2.56 bits per heavy atom. The molecule has 0 aliphatic carbocycles. The number of nitrogens with two attached hydrogens (primary N) is 1. The predicted octanol–water partition coefficient (Wildman–Crippen LogP) is 5.51. The molecule has 5 aromatic rings. The quantitative estimate of drug-likeness (QED) is 0.207. The Kier molecular flexibility index (Phi) is 7.38. The molecule has 1 fully saturated rings. The third-order valence-electron chi connectivity index (χ3n) is 6.69. The summed E-state index contributed by atoms with van der Waals surface area (Å²) in [6, 6.07) is 3.86. The van der Waals surface area contributed by atoms with Crippen molar-refractivity contribution in [3.63, 3.8) is 0 Å². The molecule has 0 atom stereocenters. The van der Waals surface area contributed by atoms with Crippen LogP contribution in [0.3, 0.4) is 0 Å². The maximum Gasteiger partial charge on any atom is 0.490 e. The minimum absolute atomic E-state index is 0.109. The van der Waals surface area contributed by atoms with Crippen molar-refractivity contribution in [3.8, 4) is 22.6 Å². The van der Waals surface area contributed by atoms with Crippen molar-refractivity contribution in [1.29, 1.82) is 0 Å². The summed E-state index contributed by atoms with van der Waals surface area (Å²) >= 11 is 1.43. The van der Waals surface area contributed by atoms with Crippen LogP contribution in [0.5, 0.6) is 0 Å². The number of nitrogen functional groups attached to an aromatic ring is 1. The standard InChI is InChI=1S/C24H21FN6O2S.C2HF3O2/c1-13(32)30-6-3-15(4-7-30)31-11-14(9-29-31)22-16-8-19(33-23(16)18(26)10-28-22)17-12-34-20-2-5-27-24(25)21(17)20;3-2(4,5)1(6)7/h2,5,8-12,15H,3-4,6-7,26H2,1H3;(H,6,7). The van der Waals surface area contributed by atoms with Gasteiger partial charge >= 0.3 is 12.1 Å². The Balaban J connectivity index is 0.000000431. The summed E-state index contributed by atoms with van der Waals surface area (Å²) < 4.78 is 55.1. The highest BCUT2D eigenvalue weighted by Crippen LogP contribution is 2.41. The Morgan fingerprint density at radius 2 is 1.90 bits per heavy atom. The van der Waals surface area contributed by atoms with Gasteiger partial charge in [0.05, 0.1) is 35.2 Å². The lowest BCUT2D eigenvalue weighted by molar-refractivity contribution is -0.192. The number of amides is 1. The second kappa shape index (κ2) is 10.8. The molecule has 1 aliphatic rings. The van der Waals surface area contributed by atoms with Crippen LogP contribution in [-0.2, 0) is 9.59 Å². The van der Waals surface area contributed by atoms with E-state index in [-0.39, 0.29) is 11.9 Å². The van der Waals surface area contributed by atoms with Crippen LogP contribution in [-0.4, -0.2) is 60.9 Å². The zero-order valence-corrected chi connectivity index (χ0v) is 22.2. The number of hydrogen-bond acceptors (Lipinski definition) is 8. The van der Waals surface area contributed by atoms with Crippen molar-refractivity contribution < 1.29 is 36.7 Å². The molecule has 214 valence electrons. The van der Waals surface area contributed by atoms with E-state index in [4.69, 9.17) is 20.1 Å². The number of pyridine rings is 2. The highest BCUT2D eigenvalue weighted by molar-refractivity contribution is 7.17. The number of fused-ring (bicyclic) bond motifs is 2. The normalized spacial score (nSPS) is 14.3. The average molecular weight is 591 g/mol. The van der Waals surface area contributed by atoms with Crippen molar-refractivity contribution in [2.45, 2.75) is 32.0 Å². The van der Waals surface area contributed by atoms with E-state index in [2.05, 4.69) is 15.1 Å². The number of rotatable bonds is 3. The fourth-order valence-electron chi connectivity index (χ4n) is 4.64. The van der Waals surface area contributed by atoms with Crippen molar-refractivity contribution in [3.05, 3.63) is 48.2 Å². The largest absolute Gasteiger partial charge is 0.490 e. The summed E-state index contributed by atoms with van der Waals surface area (Å²) in [5.41, 5.74) is 9.27. The van der Waals surface area contributed by atoms with Crippen LogP contribution in [0.15, 0.2) is 46.7 Å². The molecule has 6 rings (SSSR count). The van der Waals surface area contributed by atoms with Gasteiger partial charge in [-0.2, -0.15) is 22.7 Å². The lowest BCUT2D eigenvalue weighted by atomic mass is 10.1. The molecule has 5 aromatic heterocycles. The van der Waals surface area contributed by atoms with Gasteiger partial charge in [0, 0.05) is 59.0 Å². The molecule has 1 aliphatic heterocycles. The fourth-order valence-corrected chi connectivity index (χ4v) is 5.57. The third kappa shape index (κ3) is 5.57. The molecule has 10 nitrogen and oxygen atoms in total. The van der Waals surface area contributed by atoms with Crippen LogP contribution >= 0.6 is 11.3 Å². The number of likely N-dealkylation sites (tertiary alicyclic amines) is 1. The number of carboxylic acid groups (broad SMARTS) is 1. The van der Waals surface area contributed by atoms with E-state index in [1.807, 2.05) is 27.2 Å². The van der Waals surface area contributed by atoms with Crippen LogP contribution in [0.1, 0.15) is 25.8 Å². The molecule has 0 bridgehead atoms. The first kappa shape index (κ1) is 28.0. The van der Waals surface area contributed by atoms with Crippen LogP contribution in [0.4, 0.5) is 23.2 Å². The number of carboxylic acids is 1. The number of hydrogen-bond donors (Lipinski definition) is 2. The highest BCUT2D eigenvalue weighted by Gasteiger charge is 2.38. The maximum atomic E-state index is 14.5. The molecule has 15 heteroatoms. The van der Waals surface area contributed by atoms with Crippen molar-refractivity contribution in [2.24, 2.45) is 0 Å². The van der Waals surface area contributed by atoms with Crippen molar-refractivity contribution in [2.75, 3.05) is 18.8 Å². The maximum absolute atomic E-state index is 14.5. The van der Waals surface area contributed by atoms with E-state index in [9.17, 15) is 22.4 Å². The van der Waals surface area contributed by atoms with Gasteiger partial charge in [-0.05, 0) is 25.0 Å². The van der Waals surface area contributed by atoms with Gasteiger partial charge in [-0.1, -0.05) is 0 Å². The number of piperidine rings is 1. The van der Waals surface area contributed by atoms with Crippen LogP contribution in [0.25, 0.3) is 43.6 Å². The SMILES string of the molecule is CC(=O)N1CCC(n2cc(-c3ncc(N)c4oc(-c5csc6ccnc(F)c56)cc34)cn2)CC1.O=C(O)C(F)(F)F. The molecule has 1 amide bonds. The first-order valence-corrected chi connectivity index (χ1v) is 13.1. The molecule has 0 saturated carbocycles. The van der Waals surface area contributed by atoms with E-state index >= 15 is 0 Å². The number of carbonyl (C=O) groups excluding carboxylic acids is 1. The van der Waals surface area contributed by atoms with Gasteiger partial charge in [-0.3, -0.25) is 14.5 Å². The second-order valence-electron chi connectivity index (χ2n) is 9.29. The van der Waals surface area contributed by atoms with Gasteiger partial charge < -0.3 is 20.2 Å². The summed E-state index contributed by atoms with van der Waals surface area (Å²) in [6.07, 6.45) is 3.41. The second-order valence-corrected chi connectivity index (χ2v) is 10.2. The molecule has 1 saturated heterocycles. The molecule has 41 heavy (non-hydrogen) atoms. The molecule has 0 aromatic carbocycles. The van der Waals surface area contributed by atoms with E-state index in [0.717, 1.165) is 41.6 Å². The molecular formula is C26H22F4N6O4S. The lowest BCUT2D eigenvalue weighted by Gasteiger charge is -2.31. The molecule has 3 N–H and O–H groups in total. The van der Waals surface area contributed by atoms with E-state index in [0.29, 0.717) is 33.7 Å². The van der Waals surface area contributed by atoms with Gasteiger partial charge in [0.15, 0.2) is 5.58 Å². The van der Waals surface area contributed by atoms with Crippen LogP contribution in [0, 0.1) is 5.95 Å². The third-order valence-corrected chi connectivity index (χ3v) is 7.64.